The number of esters is 1. The molecule has 0 saturated carbocycles. The average molecular weight is 369 g/mol. The molecule has 0 aromatic heterocycles. The van der Waals surface area contributed by atoms with E-state index < -0.39 is 41.5 Å². The fraction of sp³-hybridized carbons (Fsp3) is 0.200. The number of ketones is 1. The highest BCUT2D eigenvalue weighted by molar-refractivity contribution is 6.22. The zero-order valence-electron chi connectivity index (χ0n) is 14.6. The highest BCUT2D eigenvalue weighted by Gasteiger charge is 2.41. The SMILES string of the molecule is C[C@@H](OC(=O)[C@H](C)N1C(=O)c2ccccc2C1=O)C(=O)c1ccc(F)cc1. The highest BCUT2D eigenvalue weighted by Crippen LogP contribution is 2.25. The van der Waals surface area contributed by atoms with E-state index in [9.17, 15) is 23.6 Å². The number of rotatable bonds is 5. The molecule has 2 aromatic rings. The Hall–Kier alpha value is -3.35. The molecule has 1 heterocycles. The van der Waals surface area contributed by atoms with Gasteiger partial charge in [-0.15, -0.1) is 0 Å². The number of hydrogen-bond donors (Lipinski definition) is 0. The van der Waals surface area contributed by atoms with Crippen molar-refractivity contribution in [3.05, 3.63) is 71.0 Å². The van der Waals surface area contributed by atoms with Crippen molar-refractivity contribution in [3.8, 4) is 0 Å². The molecule has 0 spiro atoms. The second-order valence-electron chi connectivity index (χ2n) is 6.15. The summed E-state index contributed by atoms with van der Waals surface area (Å²) in [6.45, 7) is 2.73. The van der Waals surface area contributed by atoms with E-state index in [0.29, 0.717) is 0 Å². The van der Waals surface area contributed by atoms with Crippen LogP contribution in [0.3, 0.4) is 0 Å². The first-order valence-corrected chi connectivity index (χ1v) is 8.28. The smallest absolute Gasteiger partial charge is 0.329 e. The van der Waals surface area contributed by atoms with Crippen LogP contribution < -0.4 is 0 Å². The maximum atomic E-state index is 13.0. The fourth-order valence-corrected chi connectivity index (χ4v) is 2.84. The number of hydrogen-bond acceptors (Lipinski definition) is 5. The minimum absolute atomic E-state index is 0.185. The normalized spacial score (nSPS) is 15.3. The zero-order valence-corrected chi connectivity index (χ0v) is 14.6. The van der Waals surface area contributed by atoms with Gasteiger partial charge in [-0.2, -0.15) is 0 Å². The van der Waals surface area contributed by atoms with Crippen LogP contribution in [0.1, 0.15) is 44.9 Å². The maximum absolute atomic E-state index is 13.0. The molecule has 7 heteroatoms. The Morgan fingerprint density at radius 3 is 1.96 bits per heavy atom. The van der Waals surface area contributed by atoms with Gasteiger partial charge in [0.2, 0.25) is 5.78 Å². The van der Waals surface area contributed by atoms with Crippen molar-refractivity contribution in [3.63, 3.8) is 0 Å². The lowest BCUT2D eigenvalue weighted by molar-refractivity contribution is -0.150. The maximum Gasteiger partial charge on any atom is 0.329 e. The number of carbonyl (C=O) groups excluding carboxylic acids is 4. The summed E-state index contributed by atoms with van der Waals surface area (Å²) in [6.07, 6.45) is -1.15. The third-order valence-electron chi connectivity index (χ3n) is 4.34. The number of Topliss-reactive ketones (excluding diaryl/α,β-unsaturated/α-hetero) is 1. The number of fused-ring (bicyclic) bond motifs is 1. The second-order valence-corrected chi connectivity index (χ2v) is 6.15. The third-order valence-corrected chi connectivity index (χ3v) is 4.34. The van der Waals surface area contributed by atoms with E-state index in [-0.39, 0.29) is 16.7 Å². The number of imide groups is 1. The lowest BCUT2D eigenvalue weighted by Gasteiger charge is -2.22. The Morgan fingerprint density at radius 1 is 0.926 bits per heavy atom. The molecule has 27 heavy (non-hydrogen) atoms. The van der Waals surface area contributed by atoms with Crippen LogP contribution in [0.4, 0.5) is 4.39 Å². The molecule has 1 aliphatic heterocycles. The van der Waals surface area contributed by atoms with Gasteiger partial charge in [0.05, 0.1) is 11.1 Å². The van der Waals surface area contributed by atoms with Gasteiger partial charge in [-0.3, -0.25) is 19.3 Å². The van der Waals surface area contributed by atoms with Crippen LogP contribution in [0.2, 0.25) is 0 Å². The summed E-state index contributed by atoms with van der Waals surface area (Å²) in [5.74, 6) is -3.06. The van der Waals surface area contributed by atoms with Gasteiger partial charge in [-0.1, -0.05) is 12.1 Å². The largest absolute Gasteiger partial charge is 0.453 e. The van der Waals surface area contributed by atoms with E-state index in [0.717, 1.165) is 17.0 Å². The first-order chi connectivity index (χ1) is 12.8. The van der Waals surface area contributed by atoms with Gasteiger partial charge >= 0.3 is 5.97 Å². The number of amides is 2. The monoisotopic (exact) mass is 369 g/mol. The van der Waals surface area contributed by atoms with E-state index >= 15 is 0 Å². The second kappa shape index (κ2) is 7.11. The summed E-state index contributed by atoms with van der Waals surface area (Å²) < 4.78 is 18.1. The minimum Gasteiger partial charge on any atom is -0.453 e. The molecule has 2 atom stereocenters. The van der Waals surface area contributed by atoms with Gasteiger partial charge < -0.3 is 4.74 Å². The zero-order chi connectivity index (χ0) is 19.7. The molecular formula is C20H16FNO5. The lowest BCUT2D eigenvalue weighted by atomic mass is 10.1. The van der Waals surface area contributed by atoms with Crippen LogP contribution in [-0.4, -0.2) is 40.6 Å². The van der Waals surface area contributed by atoms with Crippen LogP contribution in [0.25, 0.3) is 0 Å². The Balaban J connectivity index is 1.71. The number of carbonyl (C=O) groups is 4. The summed E-state index contributed by atoms with van der Waals surface area (Å²) >= 11 is 0. The average Bonchev–Trinajstić information content (AvgIpc) is 2.92. The molecule has 1 aliphatic rings. The summed E-state index contributed by atoms with van der Waals surface area (Å²) in [5, 5.41) is 0. The van der Waals surface area contributed by atoms with Crippen LogP contribution in [0, 0.1) is 5.82 Å². The molecule has 0 unspecified atom stereocenters. The molecular weight excluding hydrogens is 353 g/mol. The van der Waals surface area contributed by atoms with Crippen molar-refractivity contribution in [2.45, 2.75) is 26.0 Å². The van der Waals surface area contributed by atoms with Crippen LogP contribution >= 0.6 is 0 Å². The number of benzene rings is 2. The molecule has 2 aromatic carbocycles. The van der Waals surface area contributed by atoms with Crippen molar-refractivity contribution in [1.82, 2.24) is 4.90 Å². The number of halogens is 1. The van der Waals surface area contributed by atoms with Gasteiger partial charge in [0.15, 0.2) is 6.10 Å². The molecule has 2 amide bonds. The number of nitrogens with zero attached hydrogens (tertiary/aromatic N) is 1. The molecule has 0 N–H and O–H groups in total. The Morgan fingerprint density at radius 2 is 1.44 bits per heavy atom. The quantitative estimate of drug-likeness (QED) is 0.460. The molecule has 6 nitrogen and oxygen atoms in total. The van der Waals surface area contributed by atoms with Gasteiger partial charge in [-0.05, 0) is 50.2 Å². The van der Waals surface area contributed by atoms with E-state index in [4.69, 9.17) is 4.74 Å². The summed E-state index contributed by atoms with van der Waals surface area (Å²) in [6, 6.07) is 9.90. The standard InChI is InChI=1S/C20H16FNO5/c1-11(22-18(24)15-5-3-4-6-16(15)19(22)25)20(26)27-12(2)17(23)13-7-9-14(21)10-8-13/h3-12H,1-2H3/t11-,12+/m0/s1. The minimum atomic E-state index is -1.19. The Kier molecular flexibility index (Phi) is 4.85. The van der Waals surface area contributed by atoms with Crippen molar-refractivity contribution < 1.29 is 28.3 Å². The molecule has 0 radical (unpaired) electrons. The van der Waals surface area contributed by atoms with Crippen LogP contribution in [0.15, 0.2) is 48.5 Å². The van der Waals surface area contributed by atoms with Gasteiger partial charge in [0, 0.05) is 5.56 Å². The van der Waals surface area contributed by atoms with E-state index in [2.05, 4.69) is 0 Å². The molecule has 0 fully saturated rings. The predicted octanol–water partition coefficient (Wildman–Crippen LogP) is 2.62. The van der Waals surface area contributed by atoms with Crippen molar-refractivity contribution in [2.24, 2.45) is 0 Å². The highest BCUT2D eigenvalue weighted by atomic mass is 19.1. The lowest BCUT2D eigenvalue weighted by Crippen LogP contribution is -2.45. The predicted molar refractivity (Wildman–Crippen MR) is 92.7 cm³/mol. The van der Waals surface area contributed by atoms with E-state index in [1.165, 1.54) is 38.1 Å². The first kappa shape index (κ1) is 18.4. The Bertz CT molecular complexity index is 903. The molecule has 3 rings (SSSR count). The third kappa shape index (κ3) is 3.36. The molecule has 0 saturated heterocycles. The fourth-order valence-electron chi connectivity index (χ4n) is 2.84. The molecule has 0 aliphatic carbocycles. The molecule has 0 bridgehead atoms. The van der Waals surface area contributed by atoms with E-state index in [1.807, 2.05) is 0 Å². The summed E-state index contributed by atoms with van der Waals surface area (Å²) in [5.41, 5.74) is 0.625. The van der Waals surface area contributed by atoms with Gasteiger partial charge in [0.25, 0.3) is 11.8 Å². The first-order valence-electron chi connectivity index (χ1n) is 8.28. The summed E-state index contributed by atoms with van der Waals surface area (Å²) in [7, 11) is 0. The molecule has 138 valence electrons. The van der Waals surface area contributed by atoms with Crippen LogP contribution in [-0.2, 0) is 9.53 Å². The van der Waals surface area contributed by atoms with Gasteiger partial charge in [0.1, 0.15) is 11.9 Å². The van der Waals surface area contributed by atoms with Crippen molar-refractivity contribution in [2.75, 3.05) is 0 Å². The number of ether oxygens (including phenoxy) is 1. The Labute approximate surface area is 154 Å². The summed E-state index contributed by atoms with van der Waals surface area (Å²) in [4.78, 5) is 50.4. The topological polar surface area (TPSA) is 80.8 Å². The van der Waals surface area contributed by atoms with Crippen molar-refractivity contribution in [1.29, 1.82) is 0 Å². The van der Waals surface area contributed by atoms with Crippen molar-refractivity contribution >= 4 is 23.6 Å². The van der Waals surface area contributed by atoms with Crippen LogP contribution in [0.5, 0.6) is 0 Å². The van der Waals surface area contributed by atoms with E-state index in [1.54, 1.807) is 12.1 Å². The van der Waals surface area contributed by atoms with Gasteiger partial charge in [-0.25, -0.2) is 9.18 Å².